The van der Waals surface area contributed by atoms with Crippen LogP contribution in [0.1, 0.15) is 22.8 Å². The van der Waals surface area contributed by atoms with Gasteiger partial charge in [0.05, 0.1) is 6.61 Å². The van der Waals surface area contributed by atoms with Gasteiger partial charge in [-0.1, -0.05) is 18.2 Å². The van der Waals surface area contributed by atoms with Crippen molar-refractivity contribution < 1.29 is 14.7 Å². The zero-order valence-corrected chi connectivity index (χ0v) is 13.4. The third-order valence-electron chi connectivity index (χ3n) is 4.21. The molecule has 1 aromatic carbocycles. The van der Waals surface area contributed by atoms with Gasteiger partial charge in [-0.25, -0.2) is 4.79 Å². The first-order chi connectivity index (χ1) is 12.0. The van der Waals surface area contributed by atoms with Crippen molar-refractivity contribution in [1.29, 1.82) is 0 Å². The Balaban J connectivity index is 2.02. The molecule has 0 bridgehead atoms. The van der Waals surface area contributed by atoms with E-state index in [2.05, 4.69) is 0 Å². The van der Waals surface area contributed by atoms with Crippen molar-refractivity contribution in [2.75, 3.05) is 19.7 Å². The molecule has 1 N–H and O–H groups in total. The van der Waals surface area contributed by atoms with E-state index in [1.54, 1.807) is 18.2 Å². The van der Waals surface area contributed by atoms with Gasteiger partial charge in [-0.3, -0.25) is 19.0 Å². The summed E-state index contributed by atoms with van der Waals surface area (Å²) in [6.07, 6.45) is 1.61. The molecule has 0 spiro atoms. The molecule has 2 aromatic rings. The van der Waals surface area contributed by atoms with Gasteiger partial charge in [-0.05, 0) is 18.6 Å². The number of benzene rings is 1. The predicted molar refractivity (Wildman–Crippen MR) is 88.5 cm³/mol. The van der Waals surface area contributed by atoms with Crippen molar-refractivity contribution in [3.63, 3.8) is 0 Å². The number of carbonyl (C=O) groups excluding carboxylic acids is 2. The molecule has 3 rings (SSSR count). The van der Waals surface area contributed by atoms with Crippen LogP contribution in [-0.2, 0) is 4.79 Å². The van der Waals surface area contributed by atoms with E-state index in [0.717, 1.165) is 10.6 Å². The van der Waals surface area contributed by atoms with Gasteiger partial charge >= 0.3 is 5.69 Å². The fraction of sp³-hybridized carbons (Fsp3) is 0.294. The van der Waals surface area contributed by atoms with Crippen molar-refractivity contribution in [3.8, 4) is 0 Å². The number of nitrogens with zero attached hydrogens (tertiary/aromatic N) is 3. The quantitative estimate of drug-likeness (QED) is 0.804. The highest BCUT2D eigenvalue weighted by Crippen LogP contribution is 2.21. The molecule has 2 heterocycles. The van der Waals surface area contributed by atoms with Crippen molar-refractivity contribution in [2.45, 2.75) is 12.5 Å². The van der Waals surface area contributed by atoms with E-state index < -0.39 is 23.2 Å². The molecular formula is C17H17N3O5. The Bertz CT molecular complexity index is 916. The van der Waals surface area contributed by atoms with Gasteiger partial charge in [0, 0.05) is 30.9 Å². The zero-order chi connectivity index (χ0) is 18.0. The lowest BCUT2D eigenvalue weighted by atomic mass is 10.2. The number of rotatable bonds is 4. The lowest BCUT2D eigenvalue weighted by molar-refractivity contribution is -0.130. The van der Waals surface area contributed by atoms with Gasteiger partial charge in [-0.15, -0.1) is 0 Å². The number of hydrogen-bond donors (Lipinski definition) is 1. The molecule has 8 heteroatoms. The van der Waals surface area contributed by atoms with Crippen LogP contribution in [0.5, 0.6) is 0 Å². The van der Waals surface area contributed by atoms with Gasteiger partial charge in [-0.2, -0.15) is 4.57 Å². The minimum absolute atomic E-state index is 0.167. The van der Waals surface area contributed by atoms with E-state index in [4.69, 9.17) is 5.11 Å². The normalized spacial score (nSPS) is 17.1. The second-order valence-electron chi connectivity index (χ2n) is 5.70. The van der Waals surface area contributed by atoms with E-state index in [0.29, 0.717) is 17.5 Å². The third-order valence-corrected chi connectivity index (χ3v) is 4.21. The Morgan fingerprint density at radius 3 is 2.52 bits per heavy atom. The van der Waals surface area contributed by atoms with Crippen LogP contribution in [-0.4, -0.2) is 50.7 Å². The number of aliphatic hydroxyl groups is 1. The maximum Gasteiger partial charge on any atom is 0.338 e. The Hall–Kier alpha value is -3.00. The largest absolute Gasteiger partial charge is 0.395 e. The van der Waals surface area contributed by atoms with Crippen LogP contribution in [0.25, 0.3) is 0 Å². The van der Waals surface area contributed by atoms with E-state index in [9.17, 15) is 19.2 Å². The fourth-order valence-corrected chi connectivity index (χ4v) is 2.95. The molecule has 130 valence electrons. The Morgan fingerprint density at radius 1 is 1.12 bits per heavy atom. The van der Waals surface area contributed by atoms with Gasteiger partial charge < -0.3 is 10.0 Å². The molecule has 1 atom stereocenters. The van der Waals surface area contributed by atoms with E-state index in [-0.39, 0.29) is 24.6 Å². The Kier molecular flexibility index (Phi) is 4.62. The van der Waals surface area contributed by atoms with Crippen LogP contribution in [0.2, 0.25) is 0 Å². The number of carbonyl (C=O) groups is 2. The molecule has 1 saturated heterocycles. The summed E-state index contributed by atoms with van der Waals surface area (Å²) in [4.78, 5) is 51.1. The van der Waals surface area contributed by atoms with E-state index in [1.165, 1.54) is 23.2 Å². The van der Waals surface area contributed by atoms with Crippen LogP contribution in [0.15, 0.2) is 52.2 Å². The average Bonchev–Trinajstić information content (AvgIpc) is 2.97. The van der Waals surface area contributed by atoms with E-state index >= 15 is 0 Å². The first kappa shape index (κ1) is 16.8. The molecule has 1 amide bonds. The maximum atomic E-state index is 12.7. The minimum atomic E-state index is -0.842. The third kappa shape index (κ3) is 3.03. The first-order valence-corrected chi connectivity index (χ1v) is 7.88. The first-order valence-electron chi connectivity index (χ1n) is 7.88. The highest BCUT2D eigenvalue weighted by atomic mass is 16.3. The monoisotopic (exact) mass is 343 g/mol. The Morgan fingerprint density at radius 2 is 1.84 bits per heavy atom. The SMILES string of the molecule is O=C1C(n2ccc(=O)n(C(=O)c3ccccc3)c2=O)CCN1CCO. The molecule has 8 nitrogen and oxygen atoms in total. The molecule has 1 aliphatic rings. The van der Waals surface area contributed by atoms with Crippen LogP contribution >= 0.6 is 0 Å². The minimum Gasteiger partial charge on any atom is -0.395 e. The fourth-order valence-electron chi connectivity index (χ4n) is 2.95. The highest BCUT2D eigenvalue weighted by Gasteiger charge is 2.34. The molecule has 0 aliphatic carbocycles. The summed E-state index contributed by atoms with van der Waals surface area (Å²) >= 11 is 0. The zero-order valence-electron chi connectivity index (χ0n) is 13.4. The number of amides is 1. The van der Waals surface area contributed by atoms with Crippen molar-refractivity contribution in [2.24, 2.45) is 0 Å². The van der Waals surface area contributed by atoms with Crippen molar-refractivity contribution >= 4 is 11.8 Å². The molecule has 1 aliphatic heterocycles. The van der Waals surface area contributed by atoms with Crippen LogP contribution in [0.4, 0.5) is 0 Å². The standard InChI is InChI=1S/C17H17N3O5/c21-11-10-18-8-6-13(16(18)24)19-9-7-14(22)20(17(19)25)15(23)12-4-2-1-3-5-12/h1-5,7,9,13,21H,6,8,10-11H2. The number of hydrogen-bond acceptors (Lipinski definition) is 5. The second kappa shape index (κ2) is 6.86. The van der Waals surface area contributed by atoms with Crippen LogP contribution < -0.4 is 11.2 Å². The summed E-state index contributed by atoms with van der Waals surface area (Å²) < 4.78 is 1.65. The molecule has 1 unspecified atom stereocenters. The van der Waals surface area contributed by atoms with E-state index in [1.807, 2.05) is 0 Å². The summed E-state index contributed by atoms with van der Waals surface area (Å²) in [5.41, 5.74) is -1.38. The number of β-amino-alcohol motifs (C(OH)–C–C–N with tert-alkyl or cyclic N) is 1. The predicted octanol–water partition coefficient (Wildman–Crippen LogP) is -0.536. The van der Waals surface area contributed by atoms with Crippen LogP contribution in [0, 0.1) is 0 Å². The number of aromatic nitrogens is 2. The molecule has 1 fully saturated rings. The average molecular weight is 343 g/mol. The molecule has 25 heavy (non-hydrogen) atoms. The molecular weight excluding hydrogens is 326 g/mol. The maximum absolute atomic E-state index is 12.7. The highest BCUT2D eigenvalue weighted by molar-refractivity contribution is 5.95. The number of likely N-dealkylation sites (tertiary alicyclic amines) is 1. The number of aliphatic hydroxyl groups excluding tert-OH is 1. The van der Waals surface area contributed by atoms with Gasteiger partial charge in [0.15, 0.2) is 0 Å². The van der Waals surface area contributed by atoms with Gasteiger partial charge in [0.1, 0.15) is 6.04 Å². The van der Waals surface area contributed by atoms with Crippen molar-refractivity contribution in [3.05, 3.63) is 69.0 Å². The van der Waals surface area contributed by atoms with Crippen LogP contribution in [0.3, 0.4) is 0 Å². The smallest absolute Gasteiger partial charge is 0.338 e. The summed E-state index contributed by atoms with van der Waals surface area (Å²) in [5, 5.41) is 8.98. The Labute approximate surface area is 142 Å². The summed E-state index contributed by atoms with van der Waals surface area (Å²) in [6.45, 7) is 0.425. The summed E-state index contributed by atoms with van der Waals surface area (Å²) in [7, 11) is 0. The summed E-state index contributed by atoms with van der Waals surface area (Å²) in [6, 6.07) is 8.32. The van der Waals surface area contributed by atoms with Crippen molar-refractivity contribution in [1.82, 2.24) is 14.0 Å². The van der Waals surface area contributed by atoms with Gasteiger partial charge in [0.25, 0.3) is 11.5 Å². The molecule has 0 saturated carbocycles. The topological polar surface area (TPSA) is 102 Å². The second-order valence-corrected chi connectivity index (χ2v) is 5.70. The molecule has 0 radical (unpaired) electrons. The lowest BCUT2D eigenvalue weighted by Crippen LogP contribution is -2.45. The summed E-state index contributed by atoms with van der Waals surface area (Å²) in [5.74, 6) is -1.05. The van der Waals surface area contributed by atoms with Gasteiger partial charge in [0.2, 0.25) is 5.91 Å². The lowest BCUT2D eigenvalue weighted by Gasteiger charge is -2.16. The molecule has 1 aromatic heterocycles.